The van der Waals surface area contributed by atoms with E-state index >= 15 is 0 Å². The first-order chi connectivity index (χ1) is 6.70. The monoisotopic (exact) mass is 188 g/mol. The van der Waals surface area contributed by atoms with Gasteiger partial charge in [-0.05, 0) is 25.3 Å². The minimum Gasteiger partial charge on any atom is -0.507 e. The van der Waals surface area contributed by atoms with E-state index in [1.165, 1.54) is 6.92 Å². The molecule has 2 rings (SSSR count). The number of aliphatic hydroxyl groups excluding tert-OH is 1. The van der Waals surface area contributed by atoms with Crippen molar-refractivity contribution in [2.24, 2.45) is 0 Å². The van der Waals surface area contributed by atoms with E-state index in [0.29, 0.717) is 12.0 Å². The van der Waals surface area contributed by atoms with Crippen LogP contribution >= 0.6 is 0 Å². The Bertz CT molecular complexity index is 416. The third-order valence-electron chi connectivity index (χ3n) is 2.63. The summed E-state index contributed by atoms with van der Waals surface area (Å²) in [5.41, 5.74) is 2.49. The zero-order valence-electron chi connectivity index (χ0n) is 8.08. The first-order valence-electron chi connectivity index (χ1n) is 4.71. The highest BCUT2D eigenvalue weighted by molar-refractivity contribution is 6.00. The lowest BCUT2D eigenvalue weighted by Gasteiger charge is -2.17. The van der Waals surface area contributed by atoms with Gasteiger partial charge < -0.3 is 5.11 Å². The van der Waals surface area contributed by atoms with Crippen molar-refractivity contribution >= 4 is 11.5 Å². The normalized spacial score (nSPS) is 15.2. The molecule has 1 N–H and O–H groups in total. The van der Waals surface area contributed by atoms with Gasteiger partial charge in [-0.1, -0.05) is 24.3 Å². The van der Waals surface area contributed by atoms with Gasteiger partial charge in [0.15, 0.2) is 5.78 Å². The van der Waals surface area contributed by atoms with Crippen molar-refractivity contribution in [2.45, 2.75) is 19.8 Å². The lowest BCUT2D eigenvalue weighted by molar-refractivity contribution is -0.113. The number of benzene rings is 1. The highest BCUT2D eigenvalue weighted by atomic mass is 16.3. The zero-order chi connectivity index (χ0) is 10.1. The molecular formula is C12H12O2. The number of rotatable bonds is 1. The largest absolute Gasteiger partial charge is 0.507 e. The number of fused-ring (bicyclic) bond motifs is 1. The second-order valence-corrected chi connectivity index (χ2v) is 3.54. The van der Waals surface area contributed by atoms with Gasteiger partial charge in [0.25, 0.3) is 0 Å². The summed E-state index contributed by atoms with van der Waals surface area (Å²) in [5, 5.41) is 9.85. The maximum absolute atomic E-state index is 11.2. The number of carbonyl (C=O) groups excluding carboxylic acids is 1. The third-order valence-corrected chi connectivity index (χ3v) is 2.63. The Labute approximate surface area is 82.9 Å². The smallest absolute Gasteiger partial charge is 0.159 e. The minimum absolute atomic E-state index is 0.0306. The van der Waals surface area contributed by atoms with Crippen LogP contribution in [-0.4, -0.2) is 10.9 Å². The summed E-state index contributed by atoms with van der Waals surface area (Å²) in [6.45, 7) is 1.50. The van der Waals surface area contributed by atoms with Gasteiger partial charge in [0.2, 0.25) is 0 Å². The number of hydrogen-bond acceptors (Lipinski definition) is 2. The highest BCUT2D eigenvalue weighted by Crippen LogP contribution is 2.29. The predicted octanol–water partition coefficient (Wildman–Crippen LogP) is 2.49. The van der Waals surface area contributed by atoms with E-state index in [4.69, 9.17) is 0 Å². The first-order valence-corrected chi connectivity index (χ1v) is 4.71. The summed E-state index contributed by atoms with van der Waals surface area (Å²) in [4.78, 5) is 11.2. The fourth-order valence-electron chi connectivity index (χ4n) is 1.85. The molecule has 2 heteroatoms. The zero-order valence-corrected chi connectivity index (χ0v) is 8.08. The van der Waals surface area contributed by atoms with E-state index in [9.17, 15) is 9.90 Å². The molecule has 0 saturated heterocycles. The molecule has 0 amide bonds. The van der Waals surface area contributed by atoms with Crippen LogP contribution in [0.3, 0.4) is 0 Å². The van der Waals surface area contributed by atoms with Gasteiger partial charge in [-0.2, -0.15) is 0 Å². The molecule has 0 radical (unpaired) electrons. The van der Waals surface area contributed by atoms with Crippen molar-refractivity contribution in [3.63, 3.8) is 0 Å². The number of ketones is 1. The molecule has 1 aromatic carbocycles. The van der Waals surface area contributed by atoms with Crippen LogP contribution in [0.4, 0.5) is 0 Å². The number of Topliss-reactive ketones (excluding diaryl/α,β-unsaturated/α-hetero) is 1. The van der Waals surface area contributed by atoms with Gasteiger partial charge in [0, 0.05) is 11.1 Å². The summed E-state index contributed by atoms with van der Waals surface area (Å²) in [6.07, 6.45) is 1.49. The van der Waals surface area contributed by atoms with E-state index in [1.54, 1.807) is 0 Å². The van der Waals surface area contributed by atoms with E-state index in [2.05, 4.69) is 0 Å². The summed E-state index contributed by atoms with van der Waals surface area (Å²) in [7, 11) is 0. The second kappa shape index (κ2) is 3.29. The molecule has 1 aromatic rings. The van der Waals surface area contributed by atoms with Crippen molar-refractivity contribution in [1.29, 1.82) is 0 Å². The minimum atomic E-state index is -0.0306. The van der Waals surface area contributed by atoms with Gasteiger partial charge in [-0.15, -0.1) is 0 Å². The standard InChI is InChI=1S/C12H12O2/c1-8(13)10-7-6-9-4-2-3-5-11(9)12(10)14/h2-5,14H,6-7H2,1H3. The third kappa shape index (κ3) is 1.33. The van der Waals surface area contributed by atoms with Gasteiger partial charge >= 0.3 is 0 Å². The number of aliphatic hydroxyl groups is 1. The molecule has 0 heterocycles. The molecule has 0 bridgehead atoms. The van der Waals surface area contributed by atoms with Crippen LogP contribution in [0.25, 0.3) is 5.76 Å². The topological polar surface area (TPSA) is 37.3 Å². The van der Waals surface area contributed by atoms with Crippen molar-refractivity contribution in [2.75, 3.05) is 0 Å². The summed E-state index contributed by atoms with van der Waals surface area (Å²) < 4.78 is 0. The fraction of sp³-hybridized carbons (Fsp3) is 0.250. The van der Waals surface area contributed by atoms with Crippen LogP contribution in [0, 0.1) is 0 Å². The highest BCUT2D eigenvalue weighted by Gasteiger charge is 2.20. The maximum atomic E-state index is 11.2. The van der Waals surface area contributed by atoms with Crippen LogP contribution < -0.4 is 0 Å². The van der Waals surface area contributed by atoms with Gasteiger partial charge in [0.1, 0.15) is 5.76 Å². The molecule has 0 saturated carbocycles. The predicted molar refractivity (Wildman–Crippen MR) is 55.0 cm³/mol. The van der Waals surface area contributed by atoms with Crippen LogP contribution in [0.1, 0.15) is 24.5 Å². The van der Waals surface area contributed by atoms with Crippen molar-refractivity contribution in [3.8, 4) is 0 Å². The molecule has 0 atom stereocenters. The van der Waals surface area contributed by atoms with Crippen molar-refractivity contribution in [3.05, 3.63) is 41.0 Å². The number of allylic oxidation sites excluding steroid dienone is 1. The Morgan fingerprint density at radius 1 is 1.29 bits per heavy atom. The fourth-order valence-corrected chi connectivity index (χ4v) is 1.85. The Kier molecular flexibility index (Phi) is 2.12. The molecule has 0 spiro atoms. The van der Waals surface area contributed by atoms with Crippen molar-refractivity contribution in [1.82, 2.24) is 0 Å². The number of hydrogen-bond donors (Lipinski definition) is 1. The quantitative estimate of drug-likeness (QED) is 0.735. The van der Waals surface area contributed by atoms with Gasteiger partial charge in [-0.25, -0.2) is 0 Å². The Morgan fingerprint density at radius 2 is 2.00 bits per heavy atom. The lowest BCUT2D eigenvalue weighted by atomic mass is 9.89. The molecule has 0 aromatic heterocycles. The van der Waals surface area contributed by atoms with Crippen LogP contribution in [0.15, 0.2) is 29.8 Å². The van der Waals surface area contributed by atoms with Gasteiger partial charge in [-0.3, -0.25) is 4.79 Å². The SMILES string of the molecule is CC(=O)C1=C(O)c2ccccc2CC1. The Morgan fingerprint density at radius 3 is 2.71 bits per heavy atom. The first kappa shape index (κ1) is 9.00. The molecule has 1 aliphatic rings. The average Bonchev–Trinajstić information content (AvgIpc) is 2.18. The summed E-state index contributed by atoms with van der Waals surface area (Å²) >= 11 is 0. The number of carbonyl (C=O) groups is 1. The molecule has 0 fully saturated rings. The van der Waals surface area contributed by atoms with Crippen LogP contribution in [-0.2, 0) is 11.2 Å². The summed E-state index contributed by atoms with van der Waals surface area (Å²) in [5.74, 6) is 0.136. The average molecular weight is 188 g/mol. The van der Waals surface area contributed by atoms with E-state index < -0.39 is 0 Å². The Balaban J connectivity index is 2.56. The molecule has 1 aliphatic carbocycles. The van der Waals surface area contributed by atoms with E-state index in [1.807, 2.05) is 24.3 Å². The van der Waals surface area contributed by atoms with Crippen LogP contribution in [0.5, 0.6) is 0 Å². The number of aryl methyl sites for hydroxylation is 1. The van der Waals surface area contributed by atoms with Crippen LogP contribution in [0.2, 0.25) is 0 Å². The van der Waals surface area contributed by atoms with Gasteiger partial charge in [0.05, 0.1) is 0 Å². The molecule has 2 nitrogen and oxygen atoms in total. The van der Waals surface area contributed by atoms with E-state index in [0.717, 1.165) is 17.5 Å². The molecular weight excluding hydrogens is 176 g/mol. The van der Waals surface area contributed by atoms with Crippen molar-refractivity contribution < 1.29 is 9.90 Å². The van der Waals surface area contributed by atoms with E-state index in [-0.39, 0.29) is 11.5 Å². The molecule has 72 valence electrons. The Hall–Kier alpha value is -1.57. The second-order valence-electron chi connectivity index (χ2n) is 3.54. The maximum Gasteiger partial charge on any atom is 0.159 e. The molecule has 0 unspecified atom stereocenters. The lowest BCUT2D eigenvalue weighted by Crippen LogP contribution is -2.09. The summed E-state index contributed by atoms with van der Waals surface area (Å²) in [6, 6.07) is 7.66. The molecule has 0 aliphatic heterocycles. The molecule has 14 heavy (non-hydrogen) atoms.